The van der Waals surface area contributed by atoms with Gasteiger partial charge in [0.15, 0.2) is 0 Å². The molecule has 2 aromatic heterocycles. The average Bonchev–Trinajstić information content (AvgIpc) is 3.04. The summed E-state index contributed by atoms with van der Waals surface area (Å²) in [6.07, 6.45) is 5.05. The molecule has 2 aromatic rings. The maximum Gasteiger partial charge on any atom is 0.272 e. The monoisotopic (exact) mass is 315 g/mol. The van der Waals surface area contributed by atoms with Crippen molar-refractivity contribution in [1.29, 1.82) is 0 Å². The third kappa shape index (κ3) is 3.37. The van der Waals surface area contributed by atoms with Crippen LogP contribution in [0.4, 0.5) is 0 Å². The van der Waals surface area contributed by atoms with Gasteiger partial charge in [0.2, 0.25) is 0 Å². The molecule has 1 unspecified atom stereocenters. The van der Waals surface area contributed by atoms with Gasteiger partial charge in [-0.3, -0.25) is 4.79 Å². The number of hydrogen-bond donors (Lipinski definition) is 0. The van der Waals surface area contributed by atoms with Crippen LogP contribution in [0.2, 0.25) is 0 Å². The molecule has 1 aliphatic rings. The standard InChI is InChI=1S/C15H21N7O/c1-3-12-10-20(2)7-4-8-21(12)15(23)14-6-5-13(9-16-14)22-11-17-18-19-22/h5-6,9,11-12H,3-4,7-8,10H2,1-2H3. The maximum absolute atomic E-state index is 12.8. The molecule has 122 valence electrons. The van der Waals surface area contributed by atoms with Crippen molar-refractivity contribution < 1.29 is 4.79 Å². The van der Waals surface area contributed by atoms with Crippen molar-refractivity contribution in [2.45, 2.75) is 25.8 Å². The van der Waals surface area contributed by atoms with Crippen LogP contribution < -0.4 is 0 Å². The molecule has 1 fully saturated rings. The fraction of sp³-hybridized carbons (Fsp3) is 0.533. The fourth-order valence-electron chi connectivity index (χ4n) is 2.93. The molecule has 1 aliphatic heterocycles. The molecule has 0 saturated carbocycles. The van der Waals surface area contributed by atoms with Gasteiger partial charge < -0.3 is 9.80 Å². The summed E-state index contributed by atoms with van der Waals surface area (Å²) in [7, 11) is 2.11. The largest absolute Gasteiger partial charge is 0.333 e. The molecule has 3 heterocycles. The minimum atomic E-state index is -0.00425. The molecule has 1 amide bonds. The zero-order chi connectivity index (χ0) is 16.2. The van der Waals surface area contributed by atoms with Gasteiger partial charge in [0.25, 0.3) is 5.91 Å². The molecular weight excluding hydrogens is 294 g/mol. The molecule has 1 saturated heterocycles. The van der Waals surface area contributed by atoms with E-state index >= 15 is 0 Å². The van der Waals surface area contributed by atoms with Crippen molar-refractivity contribution in [3.8, 4) is 5.69 Å². The summed E-state index contributed by atoms with van der Waals surface area (Å²) in [5.41, 5.74) is 1.19. The number of likely N-dealkylation sites (N-methyl/N-ethyl adjacent to an activating group) is 1. The lowest BCUT2D eigenvalue weighted by Gasteiger charge is -2.30. The minimum Gasteiger partial charge on any atom is -0.333 e. The highest BCUT2D eigenvalue weighted by Crippen LogP contribution is 2.15. The predicted molar refractivity (Wildman–Crippen MR) is 84.2 cm³/mol. The van der Waals surface area contributed by atoms with E-state index in [1.165, 1.54) is 11.0 Å². The molecule has 0 radical (unpaired) electrons. The zero-order valence-electron chi connectivity index (χ0n) is 13.5. The van der Waals surface area contributed by atoms with Crippen molar-refractivity contribution in [1.82, 2.24) is 35.0 Å². The lowest BCUT2D eigenvalue weighted by atomic mass is 10.1. The third-order valence-corrected chi connectivity index (χ3v) is 4.21. The summed E-state index contributed by atoms with van der Waals surface area (Å²) in [5.74, 6) is -0.00425. The summed E-state index contributed by atoms with van der Waals surface area (Å²) in [6, 6.07) is 3.78. The van der Waals surface area contributed by atoms with Crippen molar-refractivity contribution in [3.63, 3.8) is 0 Å². The van der Waals surface area contributed by atoms with Crippen LogP contribution in [0.3, 0.4) is 0 Å². The molecule has 0 aromatic carbocycles. The maximum atomic E-state index is 12.8. The highest BCUT2D eigenvalue weighted by atomic mass is 16.2. The number of carbonyl (C=O) groups is 1. The van der Waals surface area contributed by atoms with Gasteiger partial charge in [-0.15, -0.1) is 5.10 Å². The molecule has 0 N–H and O–H groups in total. The summed E-state index contributed by atoms with van der Waals surface area (Å²) in [6.45, 7) is 4.83. The van der Waals surface area contributed by atoms with E-state index in [0.29, 0.717) is 5.69 Å². The number of pyridine rings is 1. The predicted octanol–water partition coefficient (Wildman–Crippen LogP) is 0.614. The van der Waals surface area contributed by atoms with Crippen LogP contribution in [0.1, 0.15) is 30.3 Å². The second-order valence-corrected chi connectivity index (χ2v) is 5.83. The lowest BCUT2D eigenvalue weighted by molar-refractivity contribution is 0.0669. The van der Waals surface area contributed by atoms with Crippen molar-refractivity contribution in [2.24, 2.45) is 0 Å². The van der Waals surface area contributed by atoms with E-state index in [9.17, 15) is 4.79 Å². The smallest absolute Gasteiger partial charge is 0.272 e. The van der Waals surface area contributed by atoms with E-state index in [1.54, 1.807) is 12.3 Å². The van der Waals surface area contributed by atoms with Crippen LogP contribution >= 0.6 is 0 Å². The number of tetrazole rings is 1. The van der Waals surface area contributed by atoms with Crippen LogP contribution in [0.5, 0.6) is 0 Å². The van der Waals surface area contributed by atoms with E-state index in [-0.39, 0.29) is 11.9 Å². The molecule has 8 nitrogen and oxygen atoms in total. The van der Waals surface area contributed by atoms with E-state index < -0.39 is 0 Å². The molecule has 0 bridgehead atoms. The number of carbonyl (C=O) groups excluding carboxylic acids is 1. The first-order chi connectivity index (χ1) is 11.2. The Morgan fingerprint density at radius 2 is 2.22 bits per heavy atom. The van der Waals surface area contributed by atoms with E-state index in [1.807, 2.05) is 11.0 Å². The second-order valence-electron chi connectivity index (χ2n) is 5.83. The van der Waals surface area contributed by atoms with Gasteiger partial charge in [0.05, 0.1) is 11.9 Å². The van der Waals surface area contributed by atoms with Gasteiger partial charge in [-0.25, -0.2) is 4.98 Å². The van der Waals surface area contributed by atoms with Gasteiger partial charge in [-0.1, -0.05) is 6.92 Å². The molecule has 8 heteroatoms. The second kappa shape index (κ2) is 6.82. The Balaban J connectivity index is 1.78. The Kier molecular flexibility index (Phi) is 4.61. The third-order valence-electron chi connectivity index (χ3n) is 4.21. The van der Waals surface area contributed by atoms with Crippen molar-refractivity contribution in [2.75, 3.05) is 26.7 Å². The molecule has 3 rings (SSSR count). The Hall–Kier alpha value is -2.35. The number of nitrogens with zero attached hydrogens (tertiary/aromatic N) is 7. The summed E-state index contributed by atoms with van der Waals surface area (Å²) < 4.78 is 1.51. The number of amides is 1. The first kappa shape index (κ1) is 15.5. The molecule has 23 heavy (non-hydrogen) atoms. The van der Waals surface area contributed by atoms with Gasteiger partial charge in [0, 0.05) is 19.1 Å². The SMILES string of the molecule is CCC1CN(C)CCCN1C(=O)c1ccc(-n2cnnn2)cn1. The Morgan fingerprint density at radius 3 is 2.87 bits per heavy atom. The summed E-state index contributed by atoms with van der Waals surface area (Å²) >= 11 is 0. The fourth-order valence-corrected chi connectivity index (χ4v) is 2.93. The molecule has 1 atom stereocenters. The van der Waals surface area contributed by atoms with Crippen LogP contribution in [0, 0.1) is 0 Å². The number of aromatic nitrogens is 5. The number of rotatable bonds is 3. The van der Waals surface area contributed by atoms with Gasteiger partial charge in [0.1, 0.15) is 12.0 Å². The van der Waals surface area contributed by atoms with Crippen LogP contribution in [0.25, 0.3) is 5.69 Å². The Bertz CT molecular complexity index is 640. The van der Waals surface area contributed by atoms with E-state index in [0.717, 1.165) is 38.2 Å². The molecular formula is C15H21N7O. The highest BCUT2D eigenvalue weighted by Gasteiger charge is 2.27. The van der Waals surface area contributed by atoms with Crippen molar-refractivity contribution >= 4 is 5.91 Å². The van der Waals surface area contributed by atoms with E-state index in [4.69, 9.17) is 0 Å². The first-order valence-electron chi connectivity index (χ1n) is 7.88. The topological polar surface area (TPSA) is 80.0 Å². The van der Waals surface area contributed by atoms with Crippen LogP contribution in [-0.2, 0) is 0 Å². The number of hydrogen-bond acceptors (Lipinski definition) is 6. The minimum absolute atomic E-state index is 0.00425. The van der Waals surface area contributed by atoms with Crippen LogP contribution in [0.15, 0.2) is 24.7 Å². The molecule has 0 spiro atoms. The normalized spacial score (nSPS) is 19.6. The average molecular weight is 315 g/mol. The first-order valence-corrected chi connectivity index (χ1v) is 7.88. The van der Waals surface area contributed by atoms with E-state index in [2.05, 4.69) is 39.4 Å². The summed E-state index contributed by atoms with van der Waals surface area (Å²) in [5, 5.41) is 11.0. The van der Waals surface area contributed by atoms with Crippen LogP contribution in [-0.4, -0.2) is 73.6 Å². The van der Waals surface area contributed by atoms with Gasteiger partial charge in [-0.2, -0.15) is 4.68 Å². The Morgan fingerprint density at radius 1 is 1.35 bits per heavy atom. The lowest BCUT2D eigenvalue weighted by Crippen LogP contribution is -2.43. The van der Waals surface area contributed by atoms with Gasteiger partial charge in [-0.05, 0) is 49.0 Å². The van der Waals surface area contributed by atoms with Gasteiger partial charge >= 0.3 is 0 Å². The summed E-state index contributed by atoms with van der Waals surface area (Å²) in [4.78, 5) is 21.4. The molecule has 0 aliphatic carbocycles. The van der Waals surface area contributed by atoms with Crippen molar-refractivity contribution in [3.05, 3.63) is 30.4 Å². The quantitative estimate of drug-likeness (QED) is 0.826. The zero-order valence-corrected chi connectivity index (χ0v) is 13.5. The Labute approximate surface area is 135 Å². The highest BCUT2D eigenvalue weighted by molar-refractivity contribution is 5.92.